The monoisotopic (exact) mass is 335 g/mol. The van der Waals surface area contributed by atoms with Crippen LogP contribution in [0.1, 0.15) is 23.2 Å². The maximum absolute atomic E-state index is 13.5. The quantitative estimate of drug-likeness (QED) is 0.627. The smallest absolute Gasteiger partial charge is 0.254 e. The molecule has 5 nitrogen and oxygen atoms in total. The molecule has 0 aliphatic rings. The molecule has 0 fully saturated rings. The standard InChI is InChI=1S/C16H18FN3O2S/c1-10-12(15(22)20-16(19-10)23-2)7-8-14(21)18-9-11-5-3-4-6-13(11)17/h3-6H,7-9H2,1-2H3,(H,18,21)(H,19,20,22). The number of nitrogens with zero attached hydrogens (tertiary/aromatic N) is 1. The third-order valence-electron chi connectivity index (χ3n) is 3.43. The van der Waals surface area contributed by atoms with Crippen LogP contribution in [0.5, 0.6) is 0 Å². The van der Waals surface area contributed by atoms with Gasteiger partial charge in [0.15, 0.2) is 5.16 Å². The molecule has 0 bridgehead atoms. The number of rotatable bonds is 6. The molecule has 0 radical (unpaired) electrons. The molecule has 1 aromatic heterocycles. The van der Waals surface area contributed by atoms with E-state index < -0.39 is 0 Å². The molecule has 2 N–H and O–H groups in total. The van der Waals surface area contributed by atoms with Crippen LogP contribution in [0.2, 0.25) is 0 Å². The summed E-state index contributed by atoms with van der Waals surface area (Å²) in [6, 6.07) is 6.28. The Morgan fingerprint density at radius 3 is 2.78 bits per heavy atom. The Balaban J connectivity index is 1.92. The van der Waals surface area contributed by atoms with Gasteiger partial charge in [0.1, 0.15) is 5.82 Å². The minimum Gasteiger partial charge on any atom is -0.352 e. The summed E-state index contributed by atoms with van der Waals surface area (Å²) in [6.07, 6.45) is 2.28. The molecule has 7 heteroatoms. The maximum atomic E-state index is 13.5. The minimum atomic E-state index is -0.350. The fourth-order valence-corrected chi connectivity index (χ4v) is 2.56. The normalized spacial score (nSPS) is 10.6. The molecule has 2 aromatic rings. The number of aromatic amines is 1. The van der Waals surface area contributed by atoms with Crippen LogP contribution in [0.4, 0.5) is 4.39 Å². The lowest BCUT2D eigenvalue weighted by Gasteiger charge is -2.08. The molecule has 1 heterocycles. The van der Waals surface area contributed by atoms with Crippen molar-refractivity contribution in [2.24, 2.45) is 0 Å². The van der Waals surface area contributed by atoms with Gasteiger partial charge in [0.2, 0.25) is 5.91 Å². The maximum Gasteiger partial charge on any atom is 0.254 e. The first-order valence-corrected chi connectivity index (χ1v) is 8.37. The van der Waals surface area contributed by atoms with Crippen molar-refractivity contribution in [3.63, 3.8) is 0 Å². The van der Waals surface area contributed by atoms with E-state index in [1.807, 2.05) is 6.26 Å². The van der Waals surface area contributed by atoms with E-state index in [1.54, 1.807) is 25.1 Å². The molecule has 0 saturated carbocycles. The van der Waals surface area contributed by atoms with Gasteiger partial charge in [-0.15, -0.1) is 0 Å². The van der Waals surface area contributed by atoms with Crippen LogP contribution in [0.3, 0.4) is 0 Å². The highest BCUT2D eigenvalue weighted by Crippen LogP contribution is 2.10. The largest absolute Gasteiger partial charge is 0.352 e. The first-order valence-electron chi connectivity index (χ1n) is 7.15. The number of hydrogen-bond acceptors (Lipinski definition) is 4. The van der Waals surface area contributed by atoms with Crippen molar-refractivity contribution in [1.29, 1.82) is 0 Å². The molecule has 0 aliphatic carbocycles. The Labute approximate surface area is 137 Å². The van der Waals surface area contributed by atoms with Gasteiger partial charge in [-0.1, -0.05) is 30.0 Å². The van der Waals surface area contributed by atoms with Gasteiger partial charge in [-0.05, 0) is 25.7 Å². The number of hydrogen-bond donors (Lipinski definition) is 2. The van der Waals surface area contributed by atoms with Crippen LogP contribution < -0.4 is 10.9 Å². The number of carbonyl (C=O) groups is 1. The molecule has 122 valence electrons. The van der Waals surface area contributed by atoms with Crippen molar-refractivity contribution >= 4 is 17.7 Å². The van der Waals surface area contributed by atoms with E-state index in [1.165, 1.54) is 17.8 Å². The van der Waals surface area contributed by atoms with Crippen LogP contribution in [-0.2, 0) is 17.8 Å². The zero-order valence-electron chi connectivity index (χ0n) is 13.0. The van der Waals surface area contributed by atoms with E-state index in [9.17, 15) is 14.0 Å². The lowest BCUT2D eigenvalue weighted by atomic mass is 10.1. The third-order valence-corrected chi connectivity index (χ3v) is 4.01. The Morgan fingerprint density at radius 1 is 1.39 bits per heavy atom. The van der Waals surface area contributed by atoms with E-state index in [0.717, 1.165) is 0 Å². The van der Waals surface area contributed by atoms with Crippen LogP contribution in [0, 0.1) is 12.7 Å². The Morgan fingerprint density at radius 2 is 2.13 bits per heavy atom. The average Bonchev–Trinajstić information content (AvgIpc) is 2.53. The van der Waals surface area contributed by atoms with Crippen molar-refractivity contribution in [3.05, 3.63) is 57.3 Å². The summed E-state index contributed by atoms with van der Waals surface area (Å²) in [4.78, 5) is 30.8. The number of H-pyrrole nitrogens is 1. The summed E-state index contributed by atoms with van der Waals surface area (Å²) in [5, 5.41) is 3.21. The molecular weight excluding hydrogens is 317 g/mol. The average molecular weight is 335 g/mol. The van der Waals surface area contributed by atoms with Gasteiger partial charge < -0.3 is 10.3 Å². The number of carbonyl (C=O) groups excluding carboxylic acids is 1. The van der Waals surface area contributed by atoms with Crippen LogP contribution in [0.25, 0.3) is 0 Å². The number of aromatic nitrogens is 2. The number of nitrogens with one attached hydrogen (secondary N) is 2. The fraction of sp³-hybridized carbons (Fsp3) is 0.312. The molecule has 1 aromatic carbocycles. The van der Waals surface area contributed by atoms with E-state index in [0.29, 0.717) is 28.4 Å². The Hall–Kier alpha value is -2.15. The van der Waals surface area contributed by atoms with Gasteiger partial charge in [0.05, 0.1) is 0 Å². The molecule has 23 heavy (non-hydrogen) atoms. The van der Waals surface area contributed by atoms with Gasteiger partial charge in [0, 0.05) is 29.8 Å². The third kappa shape index (κ3) is 4.66. The summed E-state index contributed by atoms with van der Waals surface area (Å²) in [6.45, 7) is 1.88. The van der Waals surface area contributed by atoms with Gasteiger partial charge in [-0.3, -0.25) is 9.59 Å². The molecule has 2 rings (SSSR count). The Bertz CT molecular complexity index is 761. The van der Waals surface area contributed by atoms with Crippen LogP contribution >= 0.6 is 11.8 Å². The van der Waals surface area contributed by atoms with Crippen molar-refractivity contribution in [2.45, 2.75) is 31.5 Å². The molecule has 0 spiro atoms. The second-order valence-electron chi connectivity index (χ2n) is 5.01. The second-order valence-corrected chi connectivity index (χ2v) is 5.80. The summed E-state index contributed by atoms with van der Waals surface area (Å²) in [7, 11) is 0. The van der Waals surface area contributed by atoms with E-state index in [2.05, 4.69) is 15.3 Å². The number of aryl methyl sites for hydroxylation is 1. The highest BCUT2D eigenvalue weighted by molar-refractivity contribution is 7.98. The summed E-state index contributed by atoms with van der Waals surface area (Å²) >= 11 is 1.36. The summed E-state index contributed by atoms with van der Waals surface area (Å²) < 4.78 is 13.5. The number of halogens is 1. The molecule has 1 amide bonds. The lowest BCUT2D eigenvalue weighted by Crippen LogP contribution is -2.25. The van der Waals surface area contributed by atoms with E-state index in [-0.39, 0.29) is 30.2 Å². The lowest BCUT2D eigenvalue weighted by molar-refractivity contribution is -0.121. The van der Waals surface area contributed by atoms with Crippen molar-refractivity contribution < 1.29 is 9.18 Å². The van der Waals surface area contributed by atoms with Crippen molar-refractivity contribution in [1.82, 2.24) is 15.3 Å². The first-order chi connectivity index (χ1) is 11.0. The van der Waals surface area contributed by atoms with Crippen LogP contribution in [-0.4, -0.2) is 22.1 Å². The highest BCUT2D eigenvalue weighted by Gasteiger charge is 2.11. The molecule has 0 saturated heterocycles. The molecular formula is C16H18FN3O2S. The number of benzene rings is 1. The minimum absolute atomic E-state index is 0.129. The molecule has 0 aliphatic heterocycles. The van der Waals surface area contributed by atoms with Crippen LogP contribution in [0.15, 0.2) is 34.2 Å². The Kier molecular flexibility index (Phi) is 5.92. The zero-order valence-corrected chi connectivity index (χ0v) is 13.8. The zero-order chi connectivity index (χ0) is 16.8. The van der Waals surface area contributed by atoms with E-state index >= 15 is 0 Å². The topological polar surface area (TPSA) is 74.8 Å². The van der Waals surface area contributed by atoms with Gasteiger partial charge in [0.25, 0.3) is 5.56 Å². The highest BCUT2D eigenvalue weighted by atomic mass is 32.2. The predicted octanol–water partition coefficient (Wildman–Crippen LogP) is 2.19. The second kappa shape index (κ2) is 7.92. The summed E-state index contributed by atoms with van der Waals surface area (Å²) in [5.41, 5.74) is 1.34. The number of amides is 1. The SMILES string of the molecule is CSc1nc(C)c(CCC(=O)NCc2ccccc2F)c(=O)[nH]1. The van der Waals surface area contributed by atoms with E-state index in [4.69, 9.17) is 0 Å². The predicted molar refractivity (Wildman–Crippen MR) is 87.9 cm³/mol. The number of thioether (sulfide) groups is 1. The van der Waals surface area contributed by atoms with Crippen molar-refractivity contribution in [3.8, 4) is 0 Å². The fourth-order valence-electron chi connectivity index (χ4n) is 2.14. The summed E-state index contributed by atoms with van der Waals surface area (Å²) in [5.74, 6) is -0.585. The van der Waals surface area contributed by atoms with Gasteiger partial charge in [-0.2, -0.15) is 0 Å². The van der Waals surface area contributed by atoms with Crippen molar-refractivity contribution in [2.75, 3.05) is 6.26 Å². The first kappa shape index (κ1) is 17.2. The molecule has 0 atom stereocenters. The van der Waals surface area contributed by atoms with Gasteiger partial charge >= 0.3 is 0 Å². The molecule has 0 unspecified atom stereocenters. The van der Waals surface area contributed by atoms with Gasteiger partial charge in [-0.25, -0.2) is 9.37 Å².